The molecule has 0 radical (unpaired) electrons. The first-order chi connectivity index (χ1) is 38.7. The van der Waals surface area contributed by atoms with Crippen LogP contribution < -0.4 is 52.4 Å². The molecule has 8 nitrogen and oxygen atoms in total. The van der Waals surface area contributed by atoms with Crippen molar-refractivity contribution in [1.29, 1.82) is 0 Å². The molecule has 9 aromatic carbocycles. The lowest BCUT2D eigenvalue weighted by Gasteiger charge is -2.46. The Morgan fingerprint density at radius 2 is 0.744 bits per heavy atom. The maximum atomic E-state index is 5.77. The number of benzene rings is 9. The second-order valence-electron chi connectivity index (χ2n) is 20.2. The fraction of sp³-hybridized carbons (Fsp3) is 0. The van der Waals surface area contributed by atoms with Crippen LogP contribution in [0.3, 0.4) is 0 Å². The van der Waals surface area contributed by atoms with Gasteiger partial charge in [0.15, 0.2) is 5.82 Å². The van der Waals surface area contributed by atoms with Gasteiger partial charge in [-0.3, -0.25) is 14.8 Å². The lowest BCUT2D eigenvalue weighted by Crippen LogP contribution is -2.65. The van der Waals surface area contributed by atoms with Gasteiger partial charge in [0, 0.05) is 80.8 Å². The van der Waals surface area contributed by atoms with E-state index in [0.29, 0.717) is 5.82 Å². The Labute approximate surface area is 453 Å². The zero-order valence-corrected chi connectivity index (χ0v) is 42.1. The summed E-state index contributed by atoms with van der Waals surface area (Å²) in [6.07, 6.45) is 5.93. The van der Waals surface area contributed by atoms with Crippen LogP contribution in [0.5, 0.6) is 0 Å². The van der Waals surface area contributed by atoms with Crippen molar-refractivity contribution in [1.82, 2.24) is 19.9 Å². The van der Waals surface area contributed by atoms with Crippen LogP contribution in [-0.4, -0.2) is 33.4 Å². The minimum atomic E-state index is -0.294. The van der Waals surface area contributed by atoms with Gasteiger partial charge >= 0.3 is 0 Å². The van der Waals surface area contributed by atoms with Crippen LogP contribution in [0.25, 0.3) is 33.6 Å². The monoisotopic (exact) mass is 994 g/mol. The molecule has 16 rings (SSSR count). The maximum absolute atomic E-state index is 5.77. The fourth-order valence-corrected chi connectivity index (χ4v) is 12.6. The molecule has 0 unspecified atom stereocenters. The first kappa shape index (κ1) is 44.0. The standard InChI is InChI=1S/C68H44B2N8/c1-7-20-45(21-8-1)47-33-35-48(36-34-47)65-73-67-64-68(74-65)78(53-30-17-6-18-31-53)66-54(32-19-38-72-66)69(64)56-42-55-59(43-60(56)77(67)52-28-15-5-16-29-52)76(51-26-13-4-14-27-51)62-41-49(46-22-9-2-10-23-46)40-61-63(62)70(55)57-44-71-39-37-58(57)75(61)50-24-11-3-12-25-50/h1-44H. The molecule has 0 saturated heterocycles. The first-order valence-electron chi connectivity index (χ1n) is 26.5. The van der Waals surface area contributed by atoms with E-state index in [9.17, 15) is 0 Å². The number of fused-ring (bicyclic) bond motifs is 8. The summed E-state index contributed by atoms with van der Waals surface area (Å²) in [6.45, 7) is -0.484. The van der Waals surface area contributed by atoms with Crippen molar-refractivity contribution < 1.29 is 0 Å². The van der Waals surface area contributed by atoms with E-state index in [-0.39, 0.29) is 13.4 Å². The molecule has 4 aliphatic heterocycles. The summed E-state index contributed by atoms with van der Waals surface area (Å²) in [5, 5.41) is 0. The van der Waals surface area contributed by atoms with Crippen LogP contribution in [0.4, 0.5) is 68.6 Å². The van der Waals surface area contributed by atoms with Crippen LogP contribution in [-0.2, 0) is 0 Å². The van der Waals surface area contributed by atoms with E-state index >= 15 is 0 Å². The van der Waals surface area contributed by atoms with Gasteiger partial charge in [-0.15, -0.1) is 0 Å². The van der Waals surface area contributed by atoms with Crippen LogP contribution in [0, 0.1) is 0 Å². The maximum Gasteiger partial charge on any atom is 0.258 e. The number of nitrogens with zero attached hydrogens (tertiary/aromatic N) is 8. The number of hydrogen-bond donors (Lipinski definition) is 0. The van der Waals surface area contributed by atoms with Gasteiger partial charge in [-0.1, -0.05) is 170 Å². The van der Waals surface area contributed by atoms with E-state index in [1.54, 1.807) is 0 Å². The molecular formula is C68H44B2N8. The molecule has 0 aliphatic carbocycles. The molecule has 3 aromatic heterocycles. The van der Waals surface area contributed by atoms with Gasteiger partial charge in [0.05, 0.1) is 0 Å². The molecule has 0 spiro atoms. The van der Waals surface area contributed by atoms with Gasteiger partial charge in [0.1, 0.15) is 17.5 Å². The SMILES string of the molecule is c1ccc(-c2ccc(-c3nc4c5c(n3)N(c3ccccc3)c3ncccc3B5c3cc5c(cc3N4c3ccccc3)N(c3ccccc3)c3cc(-c4ccccc4)cc4c3B5c3cnccc3N4c3ccccc3)cc2)cc1. The minimum Gasteiger partial charge on any atom is -0.311 e. The Morgan fingerprint density at radius 1 is 0.282 bits per heavy atom. The molecule has 0 N–H and O–H groups in total. The van der Waals surface area contributed by atoms with Crippen molar-refractivity contribution in [2.24, 2.45) is 0 Å². The second-order valence-corrected chi connectivity index (χ2v) is 20.2. The quantitative estimate of drug-likeness (QED) is 0.146. The average Bonchev–Trinajstić information content (AvgIpc) is 3.70. The summed E-state index contributed by atoms with van der Waals surface area (Å²) in [5.41, 5.74) is 21.8. The molecule has 10 heteroatoms. The molecular weight excluding hydrogens is 950 g/mol. The Morgan fingerprint density at radius 3 is 1.33 bits per heavy atom. The molecule has 12 aromatic rings. The highest BCUT2D eigenvalue weighted by molar-refractivity contribution is 7.03. The van der Waals surface area contributed by atoms with Crippen LogP contribution in [0.2, 0.25) is 0 Å². The smallest absolute Gasteiger partial charge is 0.258 e. The summed E-state index contributed by atoms with van der Waals surface area (Å²) in [7, 11) is 0. The molecule has 4 aliphatic rings. The van der Waals surface area contributed by atoms with Crippen molar-refractivity contribution >= 4 is 115 Å². The average molecular weight is 995 g/mol. The first-order valence-corrected chi connectivity index (χ1v) is 26.5. The summed E-state index contributed by atoms with van der Waals surface area (Å²) in [4.78, 5) is 31.2. The highest BCUT2D eigenvalue weighted by atomic mass is 15.3. The van der Waals surface area contributed by atoms with Crippen molar-refractivity contribution in [3.8, 4) is 33.6 Å². The third-order valence-corrected chi connectivity index (χ3v) is 15.9. The van der Waals surface area contributed by atoms with Gasteiger partial charge in [-0.05, 0) is 128 Å². The van der Waals surface area contributed by atoms with Gasteiger partial charge in [0.25, 0.3) is 13.4 Å². The Bertz CT molecular complexity index is 4290. The van der Waals surface area contributed by atoms with E-state index in [1.165, 1.54) is 10.9 Å². The van der Waals surface area contributed by atoms with E-state index < -0.39 is 0 Å². The number of aromatic nitrogens is 4. The zero-order chi connectivity index (χ0) is 51.3. The van der Waals surface area contributed by atoms with Crippen LogP contribution in [0.1, 0.15) is 0 Å². The predicted molar refractivity (Wildman–Crippen MR) is 322 cm³/mol. The third kappa shape index (κ3) is 6.76. The number of anilines is 12. The predicted octanol–water partition coefficient (Wildman–Crippen LogP) is 12.4. The van der Waals surface area contributed by atoms with Crippen LogP contribution >= 0.6 is 0 Å². The van der Waals surface area contributed by atoms with Gasteiger partial charge in [0.2, 0.25) is 0 Å². The van der Waals surface area contributed by atoms with E-state index in [0.717, 1.165) is 118 Å². The minimum absolute atomic E-state index is 0.190. The lowest BCUT2D eigenvalue weighted by atomic mass is 9.30. The summed E-state index contributed by atoms with van der Waals surface area (Å²) in [5.74, 6) is 3.08. The number of para-hydroxylation sites is 4. The van der Waals surface area contributed by atoms with Gasteiger partial charge < -0.3 is 9.80 Å². The molecule has 0 fully saturated rings. The largest absolute Gasteiger partial charge is 0.311 e. The lowest BCUT2D eigenvalue weighted by molar-refractivity contribution is 1.08. The Hall–Kier alpha value is -10.3. The summed E-state index contributed by atoms with van der Waals surface area (Å²) in [6, 6.07) is 89.1. The zero-order valence-electron chi connectivity index (χ0n) is 42.1. The Balaban J connectivity index is 1.01. The van der Waals surface area contributed by atoms with Gasteiger partial charge in [-0.25, -0.2) is 15.0 Å². The van der Waals surface area contributed by atoms with Crippen molar-refractivity contribution in [2.75, 3.05) is 19.6 Å². The van der Waals surface area contributed by atoms with Crippen molar-refractivity contribution in [3.63, 3.8) is 0 Å². The fourth-order valence-electron chi connectivity index (χ4n) is 12.6. The van der Waals surface area contributed by atoms with Gasteiger partial charge in [-0.2, -0.15) is 0 Å². The molecule has 0 atom stereocenters. The van der Waals surface area contributed by atoms with E-state index in [4.69, 9.17) is 19.9 Å². The van der Waals surface area contributed by atoms with Crippen LogP contribution in [0.15, 0.2) is 267 Å². The molecule has 78 heavy (non-hydrogen) atoms. The molecule has 0 bridgehead atoms. The molecule has 0 amide bonds. The Kier molecular flexibility index (Phi) is 9.96. The second kappa shape index (κ2) is 17.6. The normalized spacial score (nSPS) is 13.2. The van der Waals surface area contributed by atoms with Crippen molar-refractivity contribution in [2.45, 2.75) is 0 Å². The highest BCUT2D eigenvalue weighted by Crippen LogP contribution is 2.49. The van der Waals surface area contributed by atoms with E-state index in [1.807, 2.05) is 12.4 Å². The van der Waals surface area contributed by atoms with E-state index in [2.05, 4.69) is 275 Å². The highest BCUT2D eigenvalue weighted by Gasteiger charge is 2.50. The molecule has 0 saturated carbocycles. The number of rotatable bonds is 7. The third-order valence-electron chi connectivity index (χ3n) is 15.9. The topological polar surface area (TPSA) is 64.5 Å². The molecule has 362 valence electrons. The number of hydrogen-bond acceptors (Lipinski definition) is 8. The summed E-state index contributed by atoms with van der Waals surface area (Å²) < 4.78 is 0. The van der Waals surface area contributed by atoms with Crippen molar-refractivity contribution in [3.05, 3.63) is 267 Å². The number of pyridine rings is 2. The molecule has 7 heterocycles. The summed E-state index contributed by atoms with van der Waals surface area (Å²) >= 11 is 0.